The van der Waals surface area contributed by atoms with Gasteiger partial charge in [-0.25, -0.2) is 4.79 Å². The van der Waals surface area contributed by atoms with E-state index in [1.165, 1.54) is 12.1 Å². The number of hydrogen-bond donors (Lipinski definition) is 3. The Hall–Kier alpha value is -3.40. The van der Waals surface area contributed by atoms with E-state index >= 15 is 0 Å². The topological polar surface area (TPSA) is 96.5 Å². The number of ether oxygens (including phenoxy) is 1. The number of alkyl carbamates (subject to hydrolysis) is 1. The lowest BCUT2D eigenvalue weighted by Gasteiger charge is -2.39. The molecule has 3 rings (SSSR count). The fraction of sp³-hybridized carbons (Fsp3) is 0.444. The first-order chi connectivity index (χ1) is 17.3. The summed E-state index contributed by atoms with van der Waals surface area (Å²) in [5.41, 5.74) is -0.778. The summed E-state index contributed by atoms with van der Waals surface area (Å²) in [6, 6.07) is 12.6. The average Bonchev–Trinajstić information content (AvgIpc) is 2.82. The van der Waals surface area contributed by atoms with Crippen LogP contribution in [0.2, 0.25) is 0 Å². The Labute approximate surface area is 214 Å². The third-order valence-corrected chi connectivity index (χ3v) is 5.94. The van der Waals surface area contributed by atoms with Crippen LogP contribution >= 0.6 is 0 Å². The highest BCUT2D eigenvalue weighted by Gasteiger charge is 2.40. The number of carbonyl (C=O) groups is 3. The maximum Gasteiger partial charge on any atom is 0.416 e. The van der Waals surface area contributed by atoms with Gasteiger partial charge in [0.05, 0.1) is 11.5 Å². The van der Waals surface area contributed by atoms with E-state index in [0.717, 1.165) is 17.7 Å². The molecule has 3 N–H and O–H groups in total. The van der Waals surface area contributed by atoms with Crippen molar-refractivity contribution in [3.05, 3.63) is 71.3 Å². The van der Waals surface area contributed by atoms with Crippen LogP contribution in [-0.4, -0.2) is 48.6 Å². The number of ketones is 1. The van der Waals surface area contributed by atoms with E-state index < -0.39 is 53.1 Å². The molecule has 1 heterocycles. The molecule has 1 aliphatic heterocycles. The molecule has 37 heavy (non-hydrogen) atoms. The third kappa shape index (κ3) is 8.31. The molecule has 10 heteroatoms. The molecule has 2 aromatic rings. The summed E-state index contributed by atoms with van der Waals surface area (Å²) < 4.78 is 45.1. The van der Waals surface area contributed by atoms with E-state index in [4.69, 9.17) is 4.74 Å². The molecule has 1 saturated heterocycles. The zero-order valence-electron chi connectivity index (χ0n) is 21.0. The summed E-state index contributed by atoms with van der Waals surface area (Å²) in [5, 5.41) is 8.50. The van der Waals surface area contributed by atoms with Crippen LogP contribution < -0.4 is 16.0 Å². The number of rotatable bonds is 7. The Balaban J connectivity index is 1.82. The van der Waals surface area contributed by atoms with E-state index in [0.29, 0.717) is 19.4 Å². The molecule has 0 bridgehead atoms. The number of carbonyl (C=O) groups excluding carboxylic acids is 3. The molecule has 3 atom stereocenters. The molecule has 200 valence electrons. The van der Waals surface area contributed by atoms with Crippen molar-refractivity contribution in [2.75, 3.05) is 13.1 Å². The smallest absolute Gasteiger partial charge is 0.416 e. The first kappa shape index (κ1) is 28.2. The van der Waals surface area contributed by atoms with E-state index in [9.17, 15) is 27.6 Å². The summed E-state index contributed by atoms with van der Waals surface area (Å²) >= 11 is 0. The van der Waals surface area contributed by atoms with Crippen LogP contribution in [0.4, 0.5) is 18.0 Å². The van der Waals surface area contributed by atoms with Crippen molar-refractivity contribution in [1.82, 2.24) is 16.0 Å². The van der Waals surface area contributed by atoms with Crippen molar-refractivity contribution < 1.29 is 32.3 Å². The summed E-state index contributed by atoms with van der Waals surface area (Å²) in [6.45, 7) is 5.20. The summed E-state index contributed by atoms with van der Waals surface area (Å²) in [5.74, 6) is -1.86. The number of hydrogen-bond acceptors (Lipinski definition) is 5. The molecule has 7 nitrogen and oxygen atoms in total. The molecule has 2 amide bonds. The number of amides is 2. The minimum absolute atomic E-state index is 0.0762. The molecule has 1 unspecified atom stereocenters. The van der Waals surface area contributed by atoms with Gasteiger partial charge in [-0.1, -0.05) is 42.5 Å². The summed E-state index contributed by atoms with van der Waals surface area (Å²) in [4.78, 5) is 38.2. The first-order valence-corrected chi connectivity index (χ1v) is 12.1. The Morgan fingerprint density at radius 2 is 1.73 bits per heavy atom. The van der Waals surface area contributed by atoms with Crippen molar-refractivity contribution in [2.45, 2.75) is 57.5 Å². The Bertz CT molecular complexity index is 1100. The van der Waals surface area contributed by atoms with Crippen LogP contribution in [0.15, 0.2) is 54.6 Å². The van der Waals surface area contributed by atoms with Crippen LogP contribution in [0.1, 0.15) is 48.7 Å². The number of piperidine rings is 1. The van der Waals surface area contributed by atoms with E-state index in [2.05, 4.69) is 16.0 Å². The van der Waals surface area contributed by atoms with Gasteiger partial charge in [-0.3, -0.25) is 9.59 Å². The second kappa shape index (κ2) is 11.8. The zero-order valence-corrected chi connectivity index (χ0v) is 21.0. The van der Waals surface area contributed by atoms with E-state index in [-0.39, 0.29) is 12.1 Å². The van der Waals surface area contributed by atoms with E-state index in [1.54, 1.807) is 20.8 Å². The third-order valence-electron chi connectivity index (χ3n) is 5.94. The van der Waals surface area contributed by atoms with Gasteiger partial charge in [0, 0.05) is 17.6 Å². The van der Waals surface area contributed by atoms with Gasteiger partial charge in [-0.15, -0.1) is 0 Å². The van der Waals surface area contributed by atoms with Crippen molar-refractivity contribution in [3.63, 3.8) is 0 Å². The molecule has 1 aliphatic rings. The van der Waals surface area contributed by atoms with Crippen LogP contribution in [0.25, 0.3) is 0 Å². The Kier molecular flexibility index (Phi) is 8.96. The Morgan fingerprint density at radius 1 is 1.03 bits per heavy atom. The van der Waals surface area contributed by atoms with Crippen molar-refractivity contribution in [1.29, 1.82) is 0 Å². The standard InChI is InChI=1S/C27H32F3N3O4/c1-26(2,3)37-25(36)32-16-22(34)33-20-12-13-31-21(14-17-8-5-4-6-9-17)23(20)24(35)18-10-7-11-19(15-18)27(28,29)30/h4-11,15,20-21,23,31H,12-14,16H2,1-3H3,(H,32,36)(H,33,34)/t20-,21+,23?/m0/s1. The quantitative estimate of drug-likeness (QED) is 0.479. The normalized spacial score (nSPS) is 20.1. The predicted molar refractivity (Wildman–Crippen MR) is 132 cm³/mol. The molecule has 0 saturated carbocycles. The summed E-state index contributed by atoms with van der Waals surface area (Å²) in [7, 11) is 0. The van der Waals surface area contributed by atoms with Crippen molar-refractivity contribution in [2.24, 2.45) is 5.92 Å². The number of Topliss-reactive ketones (excluding diaryl/α,β-unsaturated/α-hetero) is 1. The van der Waals surface area contributed by atoms with E-state index in [1.807, 2.05) is 30.3 Å². The highest BCUT2D eigenvalue weighted by Crippen LogP contribution is 2.31. The number of halogens is 3. The second-order valence-electron chi connectivity index (χ2n) is 10.0. The predicted octanol–water partition coefficient (Wildman–Crippen LogP) is 4.12. The molecule has 2 aromatic carbocycles. The van der Waals surface area contributed by atoms with Gasteiger partial charge in [0.1, 0.15) is 12.1 Å². The van der Waals surface area contributed by atoms with Crippen LogP contribution in [0, 0.1) is 5.92 Å². The lowest BCUT2D eigenvalue weighted by atomic mass is 9.78. The highest BCUT2D eigenvalue weighted by atomic mass is 19.4. The lowest BCUT2D eigenvalue weighted by Crippen LogP contribution is -2.59. The molecule has 0 spiro atoms. The minimum Gasteiger partial charge on any atom is -0.444 e. The Morgan fingerprint density at radius 3 is 2.38 bits per heavy atom. The van der Waals surface area contributed by atoms with Gasteiger partial charge < -0.3 is 20.7 Å². The fourth-order valence-corrected chi connectivity index (χ4v) is 4.37. The molecular weight excluding hydrogens is 487 g/mol. The SMILES string of the molecule is CC(C)(C)OC(=O)NCC(=O)N[C@H]1CCN[C@H](Cc2ccccc2)C1C(=O)c1cccc(C(F)(F)F)c1. The fourth-order valence-electron chi connectivity index (χ4n) is 4.37. The second-order valence-corrected chi connectivity index (χ2v) is 10.0. The largest absolute Gasteiger partial charge is 0.444 e. The van der Waals surface area contributed by atoms with Crippen molar-refractivity contribution in [3.8, 4) is 0 Å². The number of benzene rings is 2. The van der Waals surface area contributed by atoms with Crippen molar-refractivity contribution >= 4 is 17.8 Å². The van der Waals surface area contributed by atoms with Gasteiger partial charge >= 0.3 is 12.3 Å². The van der Waals surface area contributed by atoms with Gasteiger partial charge in [0.15, 0.2) is 5.78 Å². The van der Waals surface area contributed by atoms with Gasteiger partial charge in [0.25, 0.3) is 0 Å². The molecule has 0 aliphatic carbocycles. The molecule has 0 aromatic heterocycles. The van der Waals surface area contributed by atoms with Gasteiger partial charge in [0.2, 0.25) is 5.91 Å². The molecule has 1 fully saturated rings. The van der Waals surface area contributed by atoms with Gasteiger partial charge in [-0.2, -0.15) is 13.2 Å². The minimum atomic E-state index is -4.59. The lowest BCUT2D eigenvalue weighted by molar-refractivity contribution is -0.137. The zero-order chi connectivity index (χ0) is 27.2. The number of nitrogens with one attached hydrogen (secondary N) is 3. The molecule has 0 radical (unpaired) electrons. The highest BCUT2D eigenvalue weighted by molar-refractivity contribution is 5.99. The molecular formula is C27H32F3N3O4. The van der Waals surface area contributed by atoms with Crippen LogP contribution in [0.3, 0.4) is 0 Å². The maximum absolute atomic E-state index is 13.6. The summed E-state index contributed by atoms with van der Waals surface area (Å²) in [6.07, 6.45) is -4.52. The first-order valence-electron chi connectivity index (χ1n) is 12.1. The average molecular weight is 520 g/mol. The maximum atomic E-state index is 13.6. The number of alkyl halides is 3. The van der Waals surface area contributed by atoms with Crippen LogP contribution in [0.5, 0.6) is 0 Å². The van der Waals surface area contributed by atoms with Gasteiger partial charge in [-0.05, 0) is 57.9 Å². The van der Waals surface area contributed by atoms with Crippen LogP contribution in [-0.2, 0) is 22.1 Å². The monoisotopic (exact) mass is 519 g/mol.